The van der Waals surface area contributed by atoms with Crippen molar-refractivity contribution in [3.8, 4) is 16.9 Å². The highest BCUT2D eigenvalue weighted by atomic mass is 35.5. The second-order valence-electron chi connectivity index (χ2n) is 5.47. The van der Waals surface area contributed by atoms with Crippen molar-refractivity contribution in [2.45, 2.75) is 12.3 Å². The van der Waals surface area contributed by atoms with Gasteiger partial charge in [-0.3, -0.25) is 0 Å². The molecule has 0 saturated heterocycles. The Hall–Kier alpha value is -2.02. The van der Waals surface area contributed by atoms with Crippen molar-refractivity contribution >= 4 is 17.7 Å². The number of aliphatic hydroxyl groups excluding tert-OH is 1. The lowest BCUT2D eigenvalue weighted by atomic mass is 9.96. The van der Waals surface area contributed by atoms with Crippen LogP contribution in [0.1, 0.15) is 5.56 Å². The molecule has 3 nitrogen and oxygen atoms in total. The average Bonchev–Trinajstić information content (AvgIpc) is 2.58. The van der Waals surface area contributed by atoms with E-state index in [4.69, 9.17) is 26.2 Å². The Morgan fingerprint density at radius 2 is 1.88 bits per heavy atom. The highest BCUT2D eigenvalue weighted by molar-refractivity contribution is 6.31. The molecule has 7 heteroatoms. The lowest BCUT2D eigenvalue weighted by molar-refractivity contribution is -0.186. The van der Waals surface area contributed by atoms with Gasteiger partial charge in [-0.2, -0.15) is 13.2 Å². The molecule has 0 saturated carbocycles. The van der Waals surface area contributed by atoms with Crippen LogP contribution in [0.3, 0.4) is 0 Å². The Morgan fingerprint density at radius 3 is 2.52 bits per heavy atom. The van der Waals surface area contributed by atoms with Crippen LogP contribution in [0.2, 0.25) is 5.02 Å². The van der Waals surface area contributed by atoms with Crippen molar-refractivity contribution in [1.82, 2.24) is 0 Å². The third-order valence-electron chi connectivity index (χ3n) is 3.74. The molecule has 2 aromatic rings. The molecule has 0 bridgehead atoms. The van der Waals surface area contributed by atoms with Crippen LogP contribution in [-0.2, 0) is 4.74 Å². The minimum atomic E-state index is -4.62. The topological polar surface area (TPSA) is 38.7 Å². The first-order valence-electron chi connectivity index (χ1n) is 7.41. The van der Waals surface area contributed by atoms with E-state index in [1.807, 2.05) is 6.07 Å². The summed E-state index contributed by atoms with van der Waals surface area (Å²) >= 11 is 6.13. The van der Waals surface area contributed by atoms with Crippen molar-refractivity contribution in [3.63, 3.8) is 0 Å². The number of alkyl halides is 3. The Bertz CT molecular complexity index is 788. The number of aliphatic hydroxyl groups is 1. The van der Waals surface area contributed by atoms with Gasteiger partial charge in [0.15, 0.2) is 0 Å². The summed E-state index contributed by atoms with van der Waals surface area (Å²) in [5.74, 6) is 0.116. The monoisotopic (exact) mass is 370 g/mol. The van der Waals surface area contributed by atoms with Gasteiger partial charge in [0.05, 0.1) is 6.61 Å². The van der Waals surface area contributed by atoms with Crippen molar-refractivity contribution in [3.05, 3.63) is 58.6 Å². The highest BCUT2D eigenvalue weighted by Gasteiger charge is 2.46. The average molecular weight is 371 g/mol. The molecule has 0 amide bonds. The smallest absolute Gasteiger partial charge is 0.429 e. The normalized spacial score (nSPS) is 16.8. The summed E-state index contributed by atoms with van der Waals surface area (Å²) in [6.07, 6.45) is -5.41. The number of benzene rings is 2. The summed E-state index contributed by atoms with van der Waals surface area (Å²) in [6.45, 7) is -1.08. The zero-order valence-electron chi connectivity index (χ0n) is 12.9. The number of hydrogen-bond donors (Lipinski definition) is 1. The van der Waals surface area contributed by atoms with Gasteiger partial charge < -0.3 is 14.6 Å². The third-order valence-corrected chi connectivity index (χ3v) is 3.96. The van der Waals surface area contributed by atoms with Crippen molar-refractivity contribution in [2.24, 2.45) is 0 Å². The van der Waals surface area contributed by atoms with E-state index in [-0.39, 0.29) is 11.3 Å². The predicted molar refractivity (Wildman–Crippen MR) is 88.4 cm³/mol. The first kappa shape index (κ1) is 17.8. The second kappa shape index (κ2) is 7.07. The van der Waals surface area contributed by atoms with E-state index >= 15 is 0 Å². The summed E-state index contributed by atoms with van der Waals surface area (Å²) in [5, 5.41) is 9.11. The quantitative estimate of drug-likeness (QED) is 0.794. The van der Waals surface area contributed by atoms with Crippen molar-refractivity contribution in [2.75, 3.05) is 13.4 Å². The van der Waals surface area contributed by atoms with Gasteiger partial charge in [0, 0.05) is 21.7 Å². The summed E-state index contributed by atoms with van der Waals surface area (Å²) in [4.78, 5) is 0. The zero-order valence-corrected chi connectivity index (χ0v) is 13.6. The van der Waals surface area contributed by atoms with Gasteiger partial charge in [-0.1, -0.05) is 41.9 Å². The maximum absolute atomic E-state index is 13.4. The fraction of sp³-hybridized carbons (Fsp3) is 0.222. The highest BCUT2D eigenvalue weighted by Crippen LogP contribution is 2.44. The molecule has 1 atom stereocenters. The lowest BCUT2D eigenvalue weighted by Crippen LogP contribution is -2.39. The molecule has 2 aromatic carbocycles. The summed E-state index contributed by atoms with van der Waals surface area (Å²) < 4.78 is 50.3. The van der Waals surface area contributed by atoms with E-state index in [9.17, 15) is 13.2 Å². The van der Waals surface area contributed by atoms with Gasteiger partial charge in [-0.15, -0.1) is 0 Å². The zero-order chi connectivity index (χ0) is 18.0. The summed E-state index contributed by atoms with van der Waals surface area (Å²) in [5.41, 5.74) is 1.49. The molecule has 1 unspecified atom stereocenters. The first-order chi connectivity index (χ1) is 11.9. The molecule has 1 aliphatic heterocycles. The molecule has 0 spiro atoms. The Kier molecular flexibility index (Phi) is 5.03. The van der Waals surface area contributed by atoms with Crippen LogP contribution in [0.15, 0.2) is 48.0 Å². The number of hydrogen-bond acceptors (Lipinski definition) is 3. The van der Waals surface area contributed by atoms with Crippen LogP contribution in [-0.4, -0.2) is 30.8 Å². The largest absolute Gasteiger partial charge is 0.475 e. The molecular weight excluding hydrogens is 357 g/mol. The number of ether oxygens (including phenoxy) is 2. The summed E-state index contributed by atoms with van der Waals surface area (Å²) in [7, 11) is 0. The number of fused-ring (bicyclic) bond motifs is 1. The van der Waals surface area contributed by atoms with Crippen LogP contribution in [0.4, 0.5) is 13.2 Å². The minimum Gasteiger partial charge on any atom is -0.475 e. The summed E-state index contributed by atoms with van der Waals surface area (Å²) in [6, 6.07) is 12.0. The second-order valence-corrected chi connectivity index (χ2v) is 5.91. The molecule has 1 N–H and O–H groups in total. The number of halogens is 4. The van der Waals surface area contributed by atoms with Crippen LogP contribution in [0.5, 0.6) is 5.75 Å². The Labute approximate surface area is 147 Å². The Balaban J connectivity index is 2.13. The maximum atomic E-state index is 13.4. The first-order valence-corrected chi connectivity index (χ1v) is 7.79. The fourth-order valence-corrected chi connectivity index (χ4v) is 2.94. The van der Waals surface area contributed by atoms with Crippen LogP contribution < -0.4 is 4.74 Å². The van der Waals surface area contributed by atoms with E-state index in [0.29, 0.717) is 21.7 Å². The number of rotatable bonds is 4. The lowest BCUT2D eigenvalue weighted by Gasteiger charge is -2.30. The third kappa shape index (κ3) is 3.81. The maximum Gasteiger partial charge on any atom is 0.429 e. The molecule has 3 rings (SSSR count). The van der Waals surface area contributed by atoms with Gasteiger partial charge in [0.2, 0.25) is 6.10 Å². The van der Waals surface area contributed by atoms with Gasteiger partial charge in [0.1, 0.15) is 12.5 Å². The SMILES string of the molecule is OCOCC1=Cc2cc(Cl)cc(-c3ccccc3)c2OC1C(F)(F)F. The van der Waals surface area contributed by atoms with Crippen LogP contribution in [0, 0.1) is 0 Å². The van der Waals surface area contributed by atoms with E-state index in [2.05, 4.69) is 0 Å². The van der Waals surface area contributed by atoms with Gasteiger partial charge in [-0.05, 0) is 23.8 Å². The molecule has 132 valence electrons. The molecule has 0 aromatic heterocycles. The molecule has 25 heavy (non-hydrogen) atoms. The molecule has 0 radical (unpaired) electrons. The fourth-order valence-electron chi connectivity index (χ4n) is 2.71. The standard InChI is InChI=1S/C18H14ClF3O3/c19-14-7-12-6-13(9-24-10-23)17(18(20,21)22)25-16(12)15(8-14)11-4-2-1-3-5-11/h1-8,17,23H,9-10H2. The molecule has 0 aliphatic carbocycles. The molecular formula is C18H14ClF3O3. The minimum absolute atomic E-state index is 0.116. The van der Waals surface area contributed by atoms with Crippen LogP contribution >= 0.6 is 11.6 Å². The molecule has 1 heterocycles. The predicted octanol–water partition coefficient (Wildman–Crippen LogP) is 4.68. The van der Waals surface area contributed by atoms with Crippen molar-refractivity contribution in [1.29, 1.82) is 0 Å². The molecule has 1 aliphatic rings. The van der Waals surface area contributed by atoms with Gasteiger partial charge in [-0.25, -0.2) is 0 Å². The van der Waals surface area contributed by atoms with E-state index in [1.165, 1.54) is 12.1 Å². The van der Waals surface area contributed by atoms with E-state index < -0.39 is 25.7 Å². The van der Waals surface area contributed by atoms with Crippen LogP contribution in [0.25, 0.3) is 17.2 Å². The van der Waals surface area contributed by atoms with Gasteiger partial charge in [0.25, 0.3) is 0 Å². The van der Waals surface area contributed by atoms with E-state index in [1.54, 1.807) is 30.3 Å². The van der Waals surface area contributed by atoms with Gasteiger partial charge >= 0.3 is 6.18 Å². The van der Waals surface area contributed by atoms with Crippen molar-refractivity contribution < 1.29 is 27.8 Å². The van der Waals surface area contributed by atoms with E-state index in [0.717, 1.165) is 0 Å². The Morgan fingerprint density at radius 1 is 1.16 bits per heavy atom. The molecule has 0 fully saturated rings.